The lowest BCUT2D eigenvalue weighted by Gasteiger charge is -2.08. The van der Waals surface area contributed by atoms with Gasteiger partial charge in [-0.25, -0.2) is 0 Å². The van der Waals surface area contributed by atoms with Crippen molar-refractivity contribution in [3.8, 4) is 0 Å². The highest BCUT2D eigenvalue weighted by Gasteiger charge is 2.05. The Morgan fingerprint density at radius 3 is 2.29 bits per heavy atom. The second-order valence-electron chi connectivity index (χ2n) is 5.98. The SMILES string of the molecule is NC(C=O)CCCCNC(=O)COCCOCCNC(=O)CSCC(N)C=O. The first kappa shape index (κ1) is 26.5. The summed E-state index contributed by atoms with van der Waals surface area (Å²) in [6, 6.07) is -0.978. The maximum absolute atomic E-state index is 11.5. The smallest absolute Gasteiger partial charge is 0.245 e. The minimum atomic E-state index is -0.546. The standard InChI is InChI=1S/C17H32N4O6S/c18-14(9-22)3-1-2-4-20-16(24)11-27-8-7-26-6-5-21-17(25)13-28-12-15(19)10-23/h9-10,14-15H,1-8,11-13,18-19H2,(H,20,24)(H,21,25). The van der Waals surface area contributed by atoms with Crippen molar-refractivity contribution in [3.05, 3.63) is 0 Å². The maximum atomic E-state index is 11.5. The zero-order valence-corrected chi connectivity index (χ0v) is 16.9. The van der Waals surface area contributed by atoms with Crippen molar-refractivity contribution in [1.29, 1.82) is 0 Å². The first-order valence-corrected chi connectivity index (χ1v) is 10.3. The fourth-order valence-electron chi connectivity index (χ4n) is 1.88. The van der Waals surface area contributed by atoms with Crippen molar-refractivity contribution in [3.63, 3.8) is 0 Å². The minimum absolute atomic E-state index is 0.0475. The predicted molar refractivity (Wildman–Crippen MR) is 107 cm³/mol. The lowest BCUT2D eigenvalue weighted by molar-refractivity contribution is -0.126. The Labute approximate surface area is 169 Å². The Morgan fingerprint density at radius 2 is 1.57 bits per heavy atom. The van der Waals surface area contributed by atoms with Crippen LogP contribution in [-0.2, 0) is 28.7 Å². The van der Waals surface area contributed by atoms with Crippen molar-refractivity contribution in [1.82, 2.24) is 10.6 Å². The summed E-state index contributed by atoms with van der Waals surface area (Å²) >= 11 is 1.30. The van der Waals surface area contributed by atoms with Gasteiger partial charge in [0.25, 0.3) is 0 Å². The van der Waals surface area contributed by atoms with Gasteiger partial charge in [0.15, 0.2) is 0 Å². The number of ether oxygens (including phenoxy) is 2. The van der Waals surface area contributed by atoms with E-state index in [4.69, 9.17) is 20.9 Å². The van der Waals surface area contributed by atoms with E-state index in [0.717, 1.165) is 19.1 Å². The number of nitrogens with one attached hydrogen (secondary N) is 2. The topological polar surface area (TPSA) is 163 Å². The number of thioether (sulfide) groups is 1. The number of unbranched alkanes of at least 4 members (excludes halogenated alkanes) is 1. The Morgan fingerprint density at radius 1 is 0.893 bits per heavy atom. The van der Waals surface area contributed by atoms with Gasteiger partial charge >= 0.3 is 0 Å². The van der Waals surface area contributed by atoms with Crippen LogP contribution in [0.1, 0.15) is 19.3 Å². The highest BCUT2D eigenvalue weighted by Crippen LogP contribution is 1.99. The van der Waals surface area contributed by atoms with Gasteiger partial charge in [-0.05, 0) is 19.3 Å². The van der Waals surface area contributed by atoms with E-state index in [1.165, 1.54) is 11.8 Å². The molecule has 2 atom stereocenters. The van der Waals surface area contributed by atoms with Gasteiger partial charge in [-0.15, -0.1) is 11.8 Å². The molecule has 0 rings (SSSR count). The van der Waals surface area contributed by atoms with Crippen molar-refractivity contribution in [2.75, 3.05) is 51.0 Å². The third-order valence-corrected chi connectivity index (χ3v) is 4.44. The number of carbonyl (C=O) groups is 4. The van der Waals surface area contributed by atoms with Crippen molar-refractivity contribution >= 4 is 36.1 Å². The summed E-state index contributed by atoms with van der Waals surface area (Å²) in [4.78, 5) is 43.7. The molecule has 0 aliphatic carbocycles. The lowest BCUT2D eigenvalue weighted by atomic mass is 10.1. The molecule has 11 heteroatoms. The molecule has 10 nitrogen and oxygen atoms in total. The Bertz CT molecular complexity index is 455. The van der Waals surface area contributed by atoms with Crippen LogP contribution in [0.3, 0.4) is 0 Å². The molecule has 0 fully saturated rings. The van der Waals surface area contributed by atoms with Crippen LogP contribution in [0.2, 0.25) is 0 Å². The van der Waals surface area contributed by atoms with Crippen LogP contribution < -0.4 is 22.1 Å². The molecule has 2 unspecified atom stereocenters. The molecule has 0 saturated heterocycles. The molecular weight excluding hydrogens is 388 g/mol. The normalized spacial score (nSPS) is 12.8. The zero-order chi connectivity index (χ0) is 21.0. The fraction of sp³-hybridized carbons (Fsp3) is 0.765. The largest absolute Gasteiger partial charge is 0.377 e. The van der Waals surface area contributed by atoms with Crippen LogP contribution in [0, 0.1) is 0 Å². The fourth-order valence-corrected chi connectivity index (χ4v) is 2.63. The quantitative estimate of drug-likeness (QED) is 0.140. The molecule has 0 spiro atoms. The van der Waals surface area contributed by atoms with E-state index in [2.05, 4.69) is 10.6 Å². The van der Waals surface area contributed by atoms with Gasteiger partial charge < -0.3 is 41.2 Å². The summed E-state index contributed by atoms with van der Waals surface area (Å²) in [5, 5.41) is 5.40. The average Bonchev–Trinajstić information content (AvgIpc) is 2.69. The van der Waals surface area contributed by atoms with E-state index in [0.29, 0.717) is 44.8 Å². The van der Waals surface area contributed by atoms with Gasteiger partial charge in [0, 0.05) is 18.8 Å². The van der Waals surface area contributed by atoms with E-state index in [-0.39, 0.29) is 30.8 Å². The van der Waals surface area contributed by atoms with Crippen molar-refractivity contribution in [2.45, 2.75) is 31.3 Å². The number of rotatable bonds is 19. The van der Waals surface area contributed by atoms with E-state index < -0.39 is 12.1 Å². The molecule has 0 aromatic rings. The Kier molecular flexibility index (Phi) is 17.8. The monoisotopic (exact) mass is 420 g/mol. The highest BCUT2D eigenvalue weighted by atomic mass is 32.2. The molecule has 0 bridgehead atoms. The molecule has 0 aliphatic heterocycles. The van der Waals surface area contributed by atoms with Crippen LogP contribution in [0.4, 0.5) is 0 Å². The summed E-state index contributed by atoms with van der Waals surface area (Å²) in [5.74, 6) is 0.294. The van der Waals surface area contributed by atoms with E-state index >= 15 is 0 Å². The van der Waals surface area contributed by atoms with Gasteiger partial charge in [0.2, 0.25) is 11.8 Å². The van der Waals surface area contributed by atoms with Gasteiger partial charge in [-0.2, -0.15) is 0 Å². The first-order chi connectivity index (χ1) is 13.5. The summed E-state index contributed by atoms with van der Waals surface area (Å²) < 4.78 is 10.5. The predicted octanol–water partition coefficient (Wildman–Crippen LogP) is -1.79. The van der Waals surface area contributed by atoms with Crippen molar-refractivity contribution in [2.24, 2.45) is 11.5 Å². The van der Waals surface area contributed by atoms with Crippen LogP contribution in [0.25, 0.3) is 0 Å². The van der Waals surface area contributed by atoms with Crippen LogP contribution in [0.5, 0.6) is 0 Å². The van der Waals surface area contributed by atoms with E-state index in [1.807, 2.05) is 0 Å². The number of hydrogen-bond donors (Lipinski definition) is 4. The second kappa shape index (κ2) is 18.8. The molecular formula is C17H32N4O6S. The summed E-state index contributed by atoms with van der Waals surface area (Å²) in [7, 11) is 0. The number of carbonyl (C=O) groups excluding carboxylic acids is 4. The summed E-state index contributed by atoms with van der Waals surface area (Å²) in [6.07, 6.45) is 3.51. The molecule has 28 heavy (non-hydrogen) atoms. The molecule has 2 amide bonds. The molecule has 0 radical (unpaired) electrons. The zero-order valence-electron chi connectivity index (χ0n) is 16.1. The maximum Gasteiger partial charge on any atom is 0.245 e. The molecule has 0 aliphatic rings. The number of hydrogen-bond acceptors (Lipinski definition) is 9. The number of nitrogens with two attached hydrogens (primary N) is 2. The van der Waals surface area contributed by atoms with Gasteiger partial charge in [0.05, 0.1) is 37.7 Å². The Hall–Kier alpha value is -1.53. The summed E-state index contributed by atoms with van der Waals surface area (Å²) in [6.45, 7) is 1.76. The number of amides is 2. The third kappa shape index (κ3) is 17.9. The van der Waals surface area contributed by atoms with Crippen LogP contribution in [0.15, 0.2) is 0 Å². The van der Waals surface area contributed by atoms with E-state index in [1.54, 1.807) is 0 Å². The molecule has 0 saturated carbocycles. The van der Waals surface area contributed by atoms with E-state index in [9.17, 15) is 19.2 Å². The number of aldehydes is 2. The minimum Gasteiger partial charge on any atom is -0.377 e. The molecule has 6 N–H and O–H groups in total. The third-order valence-electron chi connectivity index (χ3n) is 3.35. The van der Waals surface area contributed by atoms with Crippen LogP contribution >= 0.6 is 11.8 Å². The van der Waals surface area contributed by atoms with Crippen LogP contribution in [-0.4, -0.2) is 87.5 Å². The molecule has 162 valence electrons. The average molecular weight is 421 g/mol. The molecule has 0 heterocycles. The van der Waals surface area contributed by atoms with Crippen molar-refractivity contribution < 1.29 is 28.7 Å². The molecule has 0 aromatic carbocycles. The Balaban J connectivity index is 3.35. The summed E-state index contributed by atoms with van der Waals surface area (Å²) in [5.41, 5.74) is 10.9. The van der Waals surface area contributed by atoms with Gasteiger partial charge in [0.1, 0.15) is 19.2 Å². The molecule has 0 aromatic heterocycles. The van der Waals surface area contributed by atoms with Gasteiger partial charge in [-0.3, -0.25) is 9.59 Å². The second-order valence-corrected chi connectivity index (χ2v) is 7.01. The van der Waals surface area contributed by atoms with Gasteiger partial charge in [-0.1, -0.05) is 0 Å². The lowest BCUT2D eigenvalue weighted by Crippen LogP contribution is -2.31. The highest BCUT2D eigenvalue weighted by molar-refractivity contribution is 8.00. The first-order valence-electron chi connectivity index (χ1n) is 9.18.